The van der Waals surface area contributed by atoms with Crippen LogP contribution in [0.2, 0.25) is 5.02 Å². The van der Waals surface area contributed by atoms with Crippen molar-refractivity contribution < 1.29 is 14.3 Å². The third kappa shape index (κ3) is 4.50. The fourth-order valence-corrected chi connectivity index (χ4v) is 2.77. The molecule has 0 fully saturated rings. The summed E-state index contributed by atoms with van der Waals surface area (Å²) in [5, 5.41) is 6.47. The summed E-state index contributed by atoms with van der Waals surface area (Å²) < 4.78 is 10.6. The zero-order valence-corrected chi connectivity index (χ0v) is 16.4. The van der Waals surface area contributed by atoms with E-state index in [9.17, 15) is 4.79 Å². The molecule has 144 valence electrons. The summed E-state index contributed by atoms with van der Waals surface area (Å²) in [7, 11) is 3.10. The van der Waals surface area contributed by atoms with Crippen molar-refractivity contribution in [3.05, 3.63) is 65.1 Å². The number of aryl methyl sites for hydroxylation is 1. The van der Waals surface area contributed by atoms with Gasteiger partial charge in [0.15, 0.2) is 0 Å². The summed E-state index contributed by atoms with van der Waals surface area (Å²) in [4.78, 5) is 21.2. The fourth-order valence-electron chi connectivity index (χ4n) is 2.60. The molecule has 0 aliphatic heterocycles. The van der Waals surface area contributed by atoms with Crippen molar-refractivity contribution in [2.45, 2.75) is 6.92 Å². The summed E-state index contributed by atoms with van der Waals surface area (Å²) in [5.74, 6) is 1.66. The van der Waals surface area contributed by atoms with Crippen molar-refractivity contribution in [2.24, 2.45) is 0 Å². The number of halogens is 1. The molecule has 0 unspecified atom stereocenters. The SMILES string of the molecule is COc1ccccc1NC(=O)c1cc(Nc2cc(Cl)ccc2OC)nc(C)n1. The van der Waals surface area contributed by atoms with Crippen LogP contribution in [-0.4, -0.2) is 30.1 Å². The van der Waals surface area contributed by atoms with E-state index in [1.807, 2.05) is 12.1 Å². The Morgan fingerprint density at radius 2 is 1.68 bits per heavy atom. The van der Waals surface area contributed by atoms with Crippen LogP contribution in [0.15, 0.2) is 48.5 Å². The van der Waals surface area contributed by atoms with Gasteiger partial charge in [-0.1, -0.05) is 23.7 Å². The molecule has 2 N–H and O–H groups in total. The molecule has 0 aliphatic carbocycles. The van der Waals surface area contributed by atoms with Crippen molar-refractivity contribution in [1.29, 1.82) is 0 Å². The number of anilines is 3. The van der Waals surface area contributed by atoms with Crippen molar-refractivity contribution in [3.63, 3.8) is 0 Å². The molecule has 0 bridgehead atoms. The van der Waals surface area contributed by atoms with E-state index < -0.39 is 0 Å². The summed E-state index contributed by atoms with van der Waals surface area (Å²) in [6.07, 6.45) is 0. The number of carbonyl (C=O) groups is 1. The predicted molar refractivity (Wildman–Crippen MR) is 109 cm³/mol. The average Bonchev–Trinajstić information content (AvgIpc) is 2.68. The maximum Gasteiger partial charge on any atom is 0.274 e. The standard InChI is InChI=1S/C20H19ClN4O3/c1-12-22-16(20(26)25-14-6-4-5-7-17(14)27-2)11-19(23-12)24-15-10-13(21)8-9-18(15)28-3/h4-11H,1-3H3,(H,25,26)(H,22,23,24). The van der Waals surface area contributed by atoms with Crippen LogP contribution in [0.4, 0.5) is 17.2 Å². The van der Waals surface area contributed by atoms with Crippen LogP contribution in [0.1, 0.15) is 16.3 Å². The monoisotopic (exact) mass is 398 g/mol. The minimum absolute atomic E-state index is 0.210. The van der Waals surface area contributed by atoms with E-state index in [1.54, 1.807) is 57.5 Å². The van der Waals surface area contributed by atoms with Crippen LogP contribution in [-0.2, 0) is 0 Å². The van der Waals surface area contributed by atoms with E-state index in [2.05, 4.69) is 20.6 Å². The Morgan fingerprint density at radius 3 is 2.43 bits per heavy atom. The molecule has 28 heavy (non-hydrogen) atoms. The quantitative estimate of drug-likeness (QED) is 0.638. The van der Waals surface area contributed by atoms with Gasteiger partial charge < -0.3 is 20.1 Å². The Balaban J connectivity index is 1.87. The molecular weight excluding hydrogens is 380 g/mol. The molecular formula is C20H19ClN4O3. The Morgan fingerprint density at radius 1 is 0.964 bits per heavy atom. The number of methoxy groups -OCH3 is 2. The Kier molecular flexibility index (Phi) is 5.96. The molecule has 0 atom stereocenters. The van der Waals surface area contributed by atoms with Crippen LogP contribution in [0, 0.1) is 6.92 Å². The van der Waals surface area contributed by atoms with Gasteiger partial charge in [0, 0.05) is 11.1 Å². The van der Waals surface area contributed by atoms with Gasteiger partial charge in [-0.2, -0.15) is 0 Å². The lowest BCUT2D eigenvalue weighted by atomic mass is 10.2. The molecule has 1 amide bonds. The zero-order valence-electron chi connectivity index (χ0n) is 15.6. The Bertz CT molecular complexity index is 1010. The van der Waals surface area contributed by atoms with Crippen molar-refractivity contribution in [2.75, 3.05) is 24.9 Å². The van der Waals surface area contributed by atoms with Gasteiger partial charge in [-0.3, -0.25) is 4.79 Å². The first-order valence-electron chi connectivity index (χ1n) is 8.41. The topological polar surface area (TPSA) is 85.4 Å². The van der Waals surface area contributed by atoms with E-state index >= 15 is 0 Å². The number of carbonyl (C=O) groups excluding carboxylic acids is 1. The maximum atomic E-state index is 12.7. The lowest BCUT2D eigenvalue weighted by molar-refractivity contribution is 0.102. The number of ether oxygens (including phenoxy) is 2. The smallest absolute Gasteiger partial charge is 0.274 e. The molecule has 3 rings (SSSR count). The fraction of sp³-hybridized carbons (Fsp3) is 0.150. The zero-order chi connectivity index (χ0) is 20.1. The number of nitrogens with one attached hydrogen (secondary N) is 2. The van der Waals surface area contributed by atoms with E-state index in [-0.39, 0.29) is 11.6 Å². The average molecular weight is 399 g/mol. The van der Waals surface area contributed by atoms with Gasteiger partial charge in [0.2, 0.25) is 0 Å². The van der Waals surface area contributed by atoms with Crippen molar-refractivity contribution >= 4 is 34.7 Å². The number of aromatic nitrogens is 2. The van der Waals surface area contributed by atoms with Gasteiger partial charge in [-0.15, -0.1) is 0 Å². The van der Waals surface area contributed by atoms with E-state index in [0.717, 1.165) is 0 Å². The summed E-state index contributed by atoms with van der Waals surface area (Å²) in [6.45, 7) is 1.71. The Hall–Kier alpha value is -3.32. The Labute approximate surface area is 167 Å². The third-order valence-electron chi connectivity index (χ3n) is 3.85. The van der Waals surface area contributed by atoms with Crippen LogP contribution in [0.5, 0.6) is 11.5 Å². The van der Waals surface area contributed by atoms with Crippen LogP contribution in [0.25, 0.3) is 0 Å². The van der Waals surface area contributed by atoms with Crippen LogP contribution in [0.3, 0.4) is 0 Å². The minimum atomic E-state index is -0.379. The molecule has 2 aromatic carbocycles. The predicted octanol–water partition coefficient (Wildman–Crippen LogP) is 4.45. The second kappa shape index (κ2) is 8.58. The first-order valence-corrected chi connectivity index (χ1v) is 8.78. The second-order valence-electron chi connectivity index (χ2n) is 5.81. The van der Waals surface area contributed by atoms with Crippen molar-refractivity contribution in [3.8, 4) is 11.5 Å². The van der Waals surface area contributed by atoms with Gasteiger partial charge in [-0.25, -0.2) is 9.97 Å². The normalized spacial score (nSPS) is 10.3. The van der Waals surface area contributed by atoms with Gasteiger partial charge >= 0.3 is 0 Å². The minimum Gasteiger partial charge on any atom is -0.495 e. The van der Waals surface area contributed by atoms with Crippen LogP contribution >= 0.6 is 11.6 Å². The number of hydrogen-bond acceptors (Lipinski definition) is 6. The van der Waals surface area contributed by atoms with Gasteiger partial charge in [0.05, 0.1) is 25.6 Å². The van der Waals surface area contributed by atoms with E-state index in [0.29, 0.717) is 39.5 Å². The third-order valence-corrected chi connectivity index (χ3v) is 4.09. The van der Waals surface area contributed by atoms with E-state index in [1.165, 1.54) is 0 Å². The highest BCUT2D eigenvalue weighted by Crippen LogP contribution is 2.30. The highest BCUT2D eigenvalue weighted by Gasteiger charge is 2.14. The molecule has 1 aromatic heterocycles. The molecule has 1 heterocycles. The molecule has 0 spiro atoms. The number of amides is 1. The molecule has 3 aromatic rings. The van der Waals surface area contributed by atoms with Gasteiger partial charge in [0.1, 0.15) is 28.8 Å². The molecule has 0 radical (unpaired) electrons. The summed E-state index contributed by atoms with van der Waals surface area (Å²) in [6, 6.07) is 13.9. The lowest BCUT2D eigenvalue weighted by Gasteiger charge is -2.13. The van der Waals surface area contributed by atoms with Crippen LogP contribution < -0.4 is 20.1 Å². The molecule has 0 aliphatic rings. The highest BCUT2D eigenvalue weighted by atomic mass is 35.5. The number of benzene rings is 2. The van der Waals surface area contributed by atoms with Crippen molar-refractivity contribution in [1.82, 2.24) is 9.97 Å². The lowest BCUT2D eigenvalue weighted by Crippen LogP contribution is -2.16. The number of hydrogen-bond donors (Lipinski definition) is 2. The molecule has 0 saturated heterocycles. The largest absolute Gasteiger partial charge is 0.495 e. The first-order chi connectivity index (χ1) is 13.5. The summed E-state index contributed by atoms with van der Waals surface area (Å²) >= 11 is 6.07. The molecule has 0 saturated carbocycles. The highest BCUT2D eigenvalue weighted by molar-refractivity contribution is 6.31. The van der Waals surface area contributed by atoms with Gasteiger partial charge in [-0.05, 0) is 37.3 Å². The molecule has 7 nitrogen and oxygen atoms in total. The maximum absolute atomic E-state index is 12.7. The number of nitrogens with zero attached hydrogens (tertiary/aromatic N) is 2. The number of rotatable bonds is 6. The summed E-state index contributed by atoms with van der Waals surface area (Å²) in [5.41, 5.74) is 1.39. The molecule has 8 heteroatoms. The van der Waals surface area contributed by atoms with E-state index in [4.69, 9.17) is 21.1 Å². The second-order valence-corrected chi connectivity index (χ2v) is 6.25. The van der Waals surface area contributed by atoms with Gasteiger partial charge in [0.25, 0.3) is 5.91 Å². The first kappa shape index (κ1) is 19.4. The number of para-hydroxylation sites is 2.